The van der Waals surface area contributed by atoms with Crippen LogP contribution in [0.25, 0.3) is 10.9 Å². The van der Waals surface area contributed by atoms with E-state index < -0.39 is 6.04 Å². The molecule has 0 aliphatic heterocycles. The summed E-state index contributed by atoms with van der Waals surface area (Å²) in [6.07, 6.45) is 2.64. The van der Waals surface area contributed by atoms with Crippen LogP contribution in [0.3, 0.4) is 0 Å². The molecule has 4 nitrogen and oxygen atoms in total. The normalized spacial score (nSPS) is 14.2. The number of nitrogens with one attached hydrogen (secondary N) is 1. The Morgan fingerprint density at radius 1 is 1.45 bits per heavy atom. The molecule has 3 N–H and O–H groups in total. The number of fused-ring (bicyclic) bond motifs is 1. The van der Waals surface area contributed by atoms with Crippen LogP contribution in [0.1, 0.15) is 31.9 Å². The molecule has 0 saturated heterocycles. The molecule has 0 aliphatic rings. The Bertz CT molecular complexity index is 630. The summed E-state index contributed by atoms with van der Waals surface area (Å²) in [7, 11) is 0. The first-order chi connectivity index (χ1) is 9.54. The number of nitrogens with zero attached hydrogens (tertiary/aromatic N) is 1. The quantitative estimate of drug-likeness (QED) is 0.882. The molecule has 0 fully saturated rings. The molecule has 0 spiro atoms. The Labute approximate surface area is 126 Å². The molecule has 1 amide bonds. The number of hydrogen-bond donors (Lipinski definition) is 2. The Morgan fingerprint density at radius 3 is 2.85 bits per heavy atom. The summed E-state index contributed by atoms with van der Waals surface area (Å²) in [6.45, 7) is 4.10. The number of rotatable bonds is 5. The van der Waals surface area contributed by atoms with E-state index >= 15 is 0 Å². The molecule has 2 rings (SSSR count). The summed E-state index contributed by atoms with van der Waals surface area (Å²) in [5.41, 5.74) is 7.17. The lowest BCUT2D eigenvalue weighted by atomic mass is 10.0. The highest BCUT2D eigenvalue weighted by molar-refractivity contribution is 9.10. The van der Waals surface area contributed by atoms with E-state index in [1.807, 2.05) is 31.2 Å². The molecular weight excluding hydrogens is 318 g/mol. The zero-order chi connectivity index (χ0) is 14.7. The minimum Gasteiger partial charge on any atom is -0.368 e. The van der Waals surface area contributed by atoms with Crippen molar-refractivity contribution in [2.24, 2.45) is 5.73 Å². The lowest BCUT2D eigenvalue weighted by Gasteiger charge is -2.21. The van der Waals surface area contributed by atoms with Gasteiger partial charge in [-0.05, 0) is 25.5 Å². The maximum atomic E-state index is 11.8. The van der Waals surface area contributed by atoms with Gasteiger partial charge in [0.15, 0.2) is 0 Å². The smallest absolute Gasteiger partial charge is 0.239 e. The minimum atomic E-state index is -0.532. The number of nitrogens with two attached hydrogens (primary N) is 1. The van der Waals surface area contributed by atoms with Gasteiger partial charge < -0.3 is 5.73 Å². The zero-order valence-corrected chi connectivity index (χ0v) is 13.1. The summed E-state index contributed by atoms with van der Waals surface area (Å²) < 4.78 is 0.955. The number of benzene rings is 1. The monoisotopic (exact) mass is 335 g/mol. The highest BCUT2D eigenvalue weighted by atomic mass is 79.9. The Kier molecular flexibility index (Phi) is 4.73. The predicted octanol–water partition coefficient (Wildman–Crippen LogP) is 2.91. The van der Waals surface area contributed by atoms with Gasteiger partial charge in [-0.3, -0.25) is 15.1 Å². The molecule has 20 heavy (non-hydrogen) atoms. The average molecular weight is 336 g/mol. The van der Waals surface area contributed by atoms with E-state index in [4.69, 9.17) is 5.73 Å². The molecule has 0 saturated carbocycles. The molecule has 2 unspecified atom stereocenters. The first-order valence-electron chi connectivity index (χ1n) is 6.63. The lowest BCUT2D eigenvalue weighted by Crippen LogP contribution is -2.38. The van der Waals surface area contributed by atoms with Gasteiger partial charge in [0.25, 0.3) is 0 Å². The summed E-state index contributed by atoms with van der Waals surface area (Å²) in [4.78, 5) is 16.2. The molecule has 1 aromatic heterocycles. The van der Waals surface area contributed by atoms with Crippen molar-refractivity contribution in [2.45, 2.75) is 32.4 Å². The van der Waals surface area contributed by atoms with E-state index in [0.717, 1.165) is 27.4 Å². The van der Waals surface area contributed by atoms with Crippen LogP contribution in [0.15, 0.2) is 34.9 Å². The summed E-state index contributed by atoms with van der Waals surface area (Å²) >= 11 is 3.51. The van der Waals surface area contributed by atoms with Gasteiger partial charge in [0.1, 0.15) is 6.04 Å². The topological polar surface area (TPSA) is 68.0 Å². The van der Waals surface area contributed by atoms with Gasteiger partial charge in [0, 0.05) is 27.7 Å². The van der Waals surface area contributed by atoms with Crippen molar-refractivity contribution < 1.29 is 4.79 Å². The third kappa shape index (κ3) is 2.99. The van der Waals surface area contributed by atoms with E-state index in [1.54, 1.807) is 6.20 Å². The highest BCUT2D eigenvalue weighted by Gasteiger charge is 2.22. The first-order valence-corrected chi connectivity index (χ1v) is 7.42. The van der Waals surface area contributed by atoms with Gasteiger partial charge in [-0.25, -0.2) is 0 Å². The van der Waals surface area contributed by atoms with Crippen molar-refractivity contribution in [3.63, 3.8) is 0 Å². The van der Waals surface area contributed by atoms with Gasteiger partial charge in [0.05, 0.1) is 5.52 Å². The van der Waals surface area contributed by atoms with Crippen molar-refractivity contribution >= 4 is 32.7 Å². The van der Waals surface area contributed by atoms with Crippen molar-refractivity contribution in [2.75, 3.05) is 0 Å². The van der Waals surface area contributed by atoms with E-state index in [0.29, 0.717) is 0 Å². The van der Waals surface area contributed by atoms with Crippen LogP contribution in [-0.2, 0) is 4.79 Å². The molecule has 2 atom stereocenters. The Balaban J connectivity index is 2.54. The number of aromatic nitrogens is 1. The third-order valence-corrected chi connectivity index (χ3v) is 4.10. The van der Waals surface area contributed by atoms with Crippen LogP contribution >= 0.6 is 15.9 Å². The number of halogens is 1. The molecule has 5 heteroatoms. The maximum Gasteiger partial charge on any atom is 0.239 e. The van der Waals surface area contributed by atoms with Gasteiger partial charge in [-0.1, -0.05) is 35.0 Å². The molecule has 1 aromatic carbocycles. The fourth-order valence-corrected chi connectivity index (χ4v) is 2.57. The minimum absolute atomic E-state index is 0.204. The van der Waals surface area contributed by atoms with Crippen LogP contribution < -0.4 is 11.1 Å². The van der Waals surface area contributed by atoms with Crippen LogP contribution in [0.5, 0.6) is 0 Å². The number of hydrogen-bond acceptors (Lipinski definition) is 3. The van der Waals surface area contributed by atoms with E-state index in [9.17, 15) is 4.79 Å². The molecule has 0 aliphatic carbocycles. The zero-order valence-electron chi connectivity index (χ0n) is 11.6. The lowest BCUT2D eigenvalue weighted by molar-refractivity contribution is -0.120. The van der Waals surface area contributed by atoms with Gasteiger partial charge in [0.2, 0.25) is 5.91 Å². The second-order valence-corrected chi connectivity index (χ2v) is 5.70. The van der Waals surface area contributed by atoms with Gasteiger partial charge in [-0.15, -0.1) is 0 Å². The molecule has 0 radical (unpaired) electrons. The largest absolute Gasteiger partial charge is 0.368 e. The summed E-state index contributed by atoms with van der Waals surface area (Å²) in [5.74, 6) is -0.389. The van der Waals surface area contributed by atoms with Crippen LogP contribution in [0.4, 0.5) is 0 Å². The van der Waals surface area contributed by atoms with Crippen molar-refractivity contribution in [1.29, 1.82) is 0 Å². The van der Waals surface area contributed by atoms with E-state index in [-0.39, 0.29) is 11.9 Å². The van der Waals surface area contributed by atoms with Crippen LogP contribution in [0.2, 0.25) is 0 Å². The van der Waals surface area contributed by atoms with Gasteiger partial charge in [-0.2, -0.15) is 0 Å². The van der Waals surface area contributed by atoms with Crippen molar-refractivity contribution in [1.82, 2.24) is 10.3 Å². The molecule has 2 aromatic rings. The fraction of sp³-hybridized carbons (Fsp3) is 0.333. The van der Waals surface area contributed by atoms with Crippen molar-refractivity contribution in [3.05, 3.63) is 40.5 Å². The maximum absolute atomic E-state index is 11.8. The van der Waals surface area contributed by atoms with Crippen molar-refractivity contribution in [3.8, 4) is 0 Å². The standard InChI is InChI=1S/C15H18BrN3O/c1-3-9(2)19-14(15(17)20)11-6-7-12(16)10-5-4-8-18-13(10)11/h4-9,14,19H,3H2,1-2H3,(H2,17,20). The van der Waals surface area contributed by atoms with Crippen LogP contribution in [0, 0.1) is 0 Å². The number of pyridine rings is 1. The van der Waals surface area contributed by atoms with E-state index in [2.05, 4.69) is 33.2 Å². The molecule has 106 valence electrons. The first kappa shape index (κ1) is 14.9. The molecule has 1 heterocycles. The van der Waals surface area contributed by atoms with Gasteiger partial charge >= 0.3 is 0 Å². The predicted molar refractivity (Wildman–Crippen MR) is 84.3 cm³/mol. The third-order valence-electron chi connectivity index (χ3n) is 3.41. The van der Waals surface area contributed by atoms with Crippen LogP contribution in [-0.4, -0.2) is 16.9 Å². The molecular formula is C15H18BrN3O. The Hall–Kier alpha value is -1.46. The average Bonchev–Trinajstić information content (AvgIpc) is 2.45. The summed E-state index contributed by atoms with van der Waals surface area (Å²) in [5, 5.41) is 4.24. The Morgan fingerprint density at radius 2 is 2.20 bits per heavy atom. The second kappa shape index (κ2) is 6.33. The molecule has 0 bridgehead atoms. The number of carbonyl (C=O) groups is 1. The number of carbonyl (C=O) groups excluding carboxylic acids is 1. The van der Waals surface area contributed by atoms with E-state index in [1.165, 1.54) is 0 Å². The SMILES string of the molecule is CCC(C)NC(C(N)=O)c1ccc(Br)c2cccnc12. The number of amides is 1. The summed E-state index contributed by atoms with van der Waals surface area (Å²) in [6, 6.07) is 7.33. The second-order valence-electron chi connectivity index (χ2n) is 4.85. The fourth-order valence-electron chi connectivity index (χ4n) is 2.12. The number of primary amides is 1. The highest BCUT2D eigenvalue weighted by Crippen LogP contribution is 2.29.